The van der Waals surface area contributed by atoms with Gasteiger partial charge in [0.05, 0.1) is 16.9 Å². The minimum absolute atomic E-state index is 0.434. The van der Waals surface area contributed by atoms with Crippen LogP contribution in [0.15, 0.2) is 30.7 Å². The van der Waals surface area contributed by atoms with Gasteiger partial charge in [-0.25, -0.2) is 9.67 Å². The van der Waals surface area contributed by atoms with Gasteiger partial charge in [-0.15, -0.1) is 0 Å². The van der Waals surface area contributed by atoms with Crippen LogP contribution in [-0.2, 0) is 0 Å². The average molecular weight is 214 g/mol. The molecule has 0 saturated carbocycles. The monoisotopic (exact) mass is 213 g/mol. The van der Waals surface area contributed by atoms with Gasteiger partial charge in [0, 0.05) is 18.5 Å². The smallest absolute Gasteiger partial charge is 0.131 e. The number of aromatic nitrogens is 3. The van der Waals surface area contributed by atoms with E-state index in [1.54, 1.807) is 35.4 Å². The predicted molar refractivity (Wildman–Crippen MR) is 51.4 cm³/mol. The molecule has 3 nitrogen and oxygen atoms in total. The molecule has 2 heterocycles. The van der Waals surface area contributed by atoms with Crippen molar-refractivity contribution in [2.45, 2.75) is 0 Å². The van der Waals surface area contributed by atoms with E-state index in [2.05, 4.69) is 10.1 Å². The highest BCUT2D eigenvalue weighted by molar-refractivity contribution is 6.30. The van der Waals surface area contributed by atoms with E-state index in [9.17, 15) is 0 Å². The van der Waals surface area contributed by atoms with Crippen molar-refractivity contribution in [2.75, 3.05) is 0 Å². The lowest BCUT2D eigenvalue weighted by Gasteiger charge is -1.99. The largest absolute Gasteiger partial charge is 0.244 e. The molecule has 0 spiro atoms. The summed E-state index contributed by atoms with van der Waals surface area (Å²) >= 11 is 11.4. The Kier molecular flexibility index (Phi) is 2.20. The Morgan fingerprint density at radius 3 is 2.77 bits per heavy atom. The molecule has 0 saturated heterocycles. The summed E-state index contributed by atoms with van der Waals surface area (Å²) in [5.41, 5.74) is 0.840. The summed E-state index contributed by atoms with van der Waals surface area (Å²) in [5.74, 6) is 0. The molecule has 0 radical (unpaired) electrons. The first-order valence-electron chi connectivity index (χ1n) is 3.58. The Morgan fingerprint density at radius 1 is 1.31 bits per heavy atom. The summed E-state index contributed by atoms with van der Waals surface area (Å²) in [6.45, 7) is 0. The van der Waals surface area contributed by atoms with Gasteiger partial charge in [0.1, 0.15) is 5.15 Å². The van der Waals surface area contributed by atoms with Crippen LogP contribution in [-0.4, -0.2) is 14.8 Å². The van der Waals surface area contributed by atoms with Gasteiger partial charge in [0.25, 0.3) is 0 Å². The molecule has 66 valence electrons. The van der Waals surface area contributed by atoms with Gasteiger partial charge in [0.2, 0.25) is 0 Å². The highest BCUT2D eigenvalue weighted by Gasteiger charge is 1.99. The number of hydrogen-bond acceptors (Lipinski definition) is 2. The zero-order valence-electron chi connectivity index (χ0n) is 6.48. The van der Waals surface area contributed by atoms with Crippen LogP contribution >= 0.6 is 23.2 Å². The number of pyridine rings is 1. The van der Waals surface area contributed by atoms with E-state index in [1.165, 1.54) is 0 Å². The van der Waals surface area contributed by atoms with Crippen LogP contribution in [0, 0.1) is 0 Å². The Balaban J connectivity index is 2.46. The highest BCUT2D eigenvalue weighted by Crippen LogP contribution is 2.13. The van der Waals surface area contributed by atoms with Gasteiger partial charge in [-0.1, -0.05) is 23.2 Å². The maximum atomic E-state index is 5.72. The molecule has 0 amide bonds. The predicted octanol–water partition coefficient (Wildman–Crippen LogP) is 2.57. The second-order valence-corrected chi connectivity index (χ2v) is 3.26. The molecule has 0 aromatic carbocycles. The van der Waals surface area contributed by atoms with E-state index in [0.717, 1.165) is 5.69 Å². The molecule has 0 aliphatic rings. The fourth-order valence-corrected chi connectivity index (χ4v) is 1.28. The second-order valence-electron chi connectivity index (χ2n) is 2.44. The van der Waals surface area contributed by atoms with Crippen molar-refractivity contribution in [3.63, 3.8) is 0 Å². The molecule has 2 aromatic heterocycles. The second kappa shape index (κ2) is 3.36. The van der Waals surface area contributed by atoms with E-state index in [4.69, 9.17) is 23.2 Å². The molecule has 2 aromatic rings. The Morgan fingerprint density at radius 2 is 2.15 bits per heavy atom. The van der Waals surface area contributed by atoms with Gasteiger partial charge >= 0.3 is 0 Å². The number of halogens is 2. The molecule has 0 N–H and O–H groups in total. The zero-order chi connectivity index (χ0) is 9.26. The minimum atomic E-state index is 0.434. The van der Waals surface area contributed by atoms with Crippen LogP contribution in [0.3, 0.4) is 0 Å². The minimum Gasteiger partial charge on any atom is -0.244 e. The average Bonchev–Trinajstić information content (AvgIpc) is 2.52. The molecule has 5 heteroatoms. The van der Waals surface area contributed by atoms with Crippen LogP contribution in [0.2, 0.25) is 10.2 Å². The summed E-state index contributed by atoms with van der Waals surface area (Å²) in [5, 5.41) is 5.05. The van der Waals surface area contributed by atoms with Gasteiger partial charge in [-0.2, -0.15) is 5.10 Å². The third-order valence-electron chi connectivity index (χ3n) is 1.53. The molecule has 0 unspecified atom stereocenters. The van der Waals surface area contributed by atoms with E-state index in [1.807, 2.05) is 0 Å². The molecule has 0 atom stereocenters. The normalized spacial score (nSPS) is 10.3. The quantitative estimate of drug-likeness (QED) is 0.683. The van der Waals surface area contributed by atoms with Crippen LogP contribution in [0.25, 0.3) is 5.69 Å². The van der Waals surface area contributed by atoms with Crippen molar-refractivity contribution in [3.8, 4) is 5.69 Å². The first kappa shape index (κ1) is 8.53. The van der Waals surface area contributed by atoms with Crippen molar-refractivity contribution >= 4 is 23.2 Å². The van der Waals surface area contributed by atoms with Crippen molar-refractivity contribution in [3.05, 3.63) is 40.9 Å². The first-order valence-corrected chi connectivity index (χ1v) is 4.33. The SMILES string of the molecule is Clc1cnn(-c2ccnc(Cl)c2)c1. The van der Waals surface area contributed by atoms with E-state index in [0.29, 0.717) is 10.2 Å². The molecular formula is C8H5Cl2N3. The van der Waals surface area contributed by atoms with Crippen LogP contribution in [0.4, 0.5) is 0 Å². The van der Waals surface area contributed by atoms with Crippen molar-refractivity contribution in [1.29, 1.82) is 0 Å². The first-order chi connectivity index (χ1) is 6.25. The lowest BCUT2D eigenvalue weighted by atomic mass is 10.4. The van der Waals surface area contributed by atoms with Crippen molar-refractivity contribution in [1.82, 2.24) is 14.8 Å². The summed E-state index contributed by atoms with van der Waals surface area (Å²) in [6.07, 6.45) is 4.89. The Labute approximate surface area is 84.9 Å². The topological polar surface area (TPSA) is 30.7 Å². The number of rotatable bonds is 1. The molecule has 0 aliphatic carbocycles. The third-order valence-corrected chi connectivity index (χ3v) is 1.93. The zero-order valence-corrected chi connectivity index (χ0v) is 8.00. The van der Waals surface area contributed by atoms with Crippen molar-refractivity contribution < 1.29 is 0 Å². The third kappa shape index (κ3) is 1.82. The lowest BCUT2D eigenvalue weighted by molar-refractivity contribution is 0.878. The molecule has 0 fully saturated rings. The number of hydrogen-bond donors (Lipinski definition) is 0. The molecular weight excluding hydrogens is 209 g/mol. The summed E-state index contributed by atoms with van der Waals surface area (Å²) in [4.78, 5) is 3.86. The van der Waals surface area contributed by atoms with Crippen LogP contribution in [0.1, 0.15) is 0 Å². The fourth-order valence-electron chi connectivity index (χ4n) is 0.977. The van der Waals surface area contributed by atoms with Crippen molar-refractivity contribution in [2.24, 2.45) is 0 Å². The van der Waals surface area contributed by atoms with E-state index >= 15 is 0 Å². The maximum Gasteiger partial charge on any atom is 0.131 e. The molecule has 2 rings (SSSR count). The summed E-state index contributed by atoms with van der Waals surface area (Å²) in [7, 11) is 0. The Bertz CT molecular complexity index is 425. The highest BCUT2D eigenvalue weighted by atomic mass is 35.5. The van der Waals surface area contributed by atoms with Crippen LogP contribution in [0.5, 0.6) is 0 Å². The lowest BCUT2D eigenvalue weighted by Crippen LogP contribution is -1.93. The fraction of sp³-hybridized carbons (Fsp3) is 0. The van der Waals surface area contributed by atoms with Gasteiger partial charge in [-0.05, 0) is 6.07 Å². The van der Waals surface area contributed by atoms with E-state index in [-0.39, 0.29) is 0 Å². The van der Waals surface area contributed by atoms with Gasteiger partial charge < -0.3 is 0 Å². The Hall–Kier alpha value is -1.06. The van der Waals surface area contributed by atoms with Gasteiger partial charge in [0.15, 0.2) is 0 Å². The maximum absolute atomic E-state index is 5.72. The summed E-state index contributed by atoms with van der Waals surface area (Å²) in [6, 6.07) is 3.51. The molecule has 13 heavy (non-hydrogen) atoms. The van der Waals surface area contributed by atoms with E-state index < -0.39 is 0 Å². The van der Waals surface area contributed by atoms with Gasteiger partial charge in [-0.3, -0.25) is 0 Å². The standard InChI is InChI=1S/C8H5Cl2N3/c9-6-4-12-13(5-6)7-1-2-11-8(10)3-7/h1-5H. The molecule has 0 aliphatic heterocycles. The number of nitrogens with zero attached hydrogens (tertiary/aromatic N) is 3. The van der Waals surface area contributed by atoms with Crippen LogP contribution < -0.4 is 0 Å². The summed E-state index contributed by atoms with van der Waals surface area (Å²) < 4.78 is 1.63. The molecule has 0 bridgehead atoms.